The fraction of sp³-hybridized carbons (Fsp3) is 0.111. The molecule has 0 unspecified atom stereocenters. The summed E-state index contributed by atoms with van der Waals surface area (Å²) >= 11 is 0. The molecule has 7 nitrogen and oxygen atoms in total. The predicted octanol–water partition coefficient (Wildman–Crippen LogP) is 3.01. The monoisotopic (exact) mass is 335 g/mol. The van der Waals surface area contributed by atoms with Gasteiger partial charge in [0.15, 0.2) is 0 Å². The zero-order chi connectivity index (χ0) is 17.5. The minimum Gasteiger partial charge on any atom is -0.465 e. The first kappa shape index (κ1) is 16.4. The van der Waals surface area contributed by atoms with Crippen molar-refractivity contribution in [3.63, 3.8) is 0 Å². The lowest BCUT2D eigenvalue weighted by Gasteiger charge is -2.09. The van der Waals surface area contributed by atoms with Crippen LogP contribution in [0, 0.1) is 0 Å². The van der Waals surface area contributed by atoms with Gasteiger partial charge in [0.05, 0.1) is 12.7 Å². The van der Waals surface area contributed by atoms with Gasteiger partial charge in [-0.1, -0.05) is 12.1 Å². The molecule has 2 N–H and O–H groups in total. The Kier molecular flexibility index (Phi) is 5.16. The summed E-state index contributed by atoms with van der Waals surface area (Å²) in [7, 11) is 1.35. The molecule has 0 radical (unpaired) electrons. The number of aromatic nitrogens is 3. The highest BCUT2D eigenvalue weighted by Crippen LogP contribution is 2.18. The molecule has 0 atom stereocenters. The SMILES string of the molecule is COC(=O)c1cccc(Nc2cc(NCc3cccnc3)ncn2)c1. The van der Waals surface area contributed by atoms with Gasteiger partial charge in [0.1, 0.15) is 18.0 Å². The number of carbonyl (C=O) groups is 1. The third-order valence-electron chi connectivity index (χ3n) is 3.42. The first-order chi connectivity index (χ1) is 12.2. The van der Waals surface area contributed by atoms with Gasteiger partial charge in [-0.05, 0) is 29.8 Å². The minimum absolute atomic E-state index is 0.384. The van der Waals surface area contributed by atoms with E-state index < -0.39 is 0 Å². The van der Waals surface area contributed by atoms with Crippen LogP contribution in [0.2, 0.25) is 0 Å². The van der Waals surface area contributed by atoms with E-state index in [1.807, 2.05) is 18.2 Å². The van der Waals surface area contributed by atoms with Crippen LogP contribution >= 0.6 is 0 Å². The number of pyridine rings is 1. The second-order valence-corrected chi connectivity index (χ2v) is 5.20. The molecule has 0 aliphatic heterocycles. The van der Waals surface area contributed by atoms with E-state index in [4.69, 9.17) is 4.74 Å². The third kappa shape index (κ3) is 4.51. The van der Waals surface area contributed by atoms with Gasteiger partial charge < -0.3 is 15.4 Å². The Morgan fingerprint density at radius 3 is 2.80 bits per heavy atom. The van der Waals surface area contributed by atoms with Crippen LogP contribution in [0.15, 0.2) is 61.2 Å². The zero-order valence-electron chi connectivity index (χ0n) is 13.6. The predicted molar refractivity (Wildman–Crippen MR) is 94.7 cm³/mol. The van der Waals surface area contributed by atoms with Gasteiger partial charge in [-0.2, -0.15) is 0 Å². The molecule has 0 amide bonds. The lowest BCUT2D eigenvalue weighted by Crippen LogP contribution is -2.04. The Morgan fingerprint density at radius 1 is 1.12 bits per heavy atom. The van der Waals surface area contributed by atoms with Crippen molar-refractivity contribution in [3.05, 3.63) is 72.3 Å². The van der Waals surface area contributed by atoms with Crippen LogP contribution in [-0.2, 0) is 11.3 Å². The maximum absolute atomic E-state index is 11.6. The number of carbonyl (C=O) groups excluding carboxylic acids is 1. The molecule has 0 saturated carbocycles. The number of methoxy groups -OCH3 is 1. The molecular formula is C18H17N5O2. The van der Waals surface area contributed by atoms with E-state index in [0.29, 0.717) is 23.7 Å². The van der Waals surface area contributed by atoms with E-state index in [9.17, 15) is 4.79 Å². The van der Waals surface area contributed by atoms with Crippen molar-refractivity contribution < 1.29 is 9.53 Å². The first-order valence-electron chi connectivity index (χ1n) is 7.65. The highest BCUT2D eigenvalue weighted by molar-refractivity contribution is 5.90. The zero-order valence-corrected chi connectivity index (χ0v) is 13.6. The highest BCUT2D eigenvalue weighted by Gasteiger charge is 2.06. The van der Waals surface area contributed by atoms with Crippen LogP contribution in [-0.4, -0.2) is 28.0 Å². The number of esters is 1. The maximum Gasteiger partial charge on any atom is 0.337 e. The van der Waals surface area contributed by atoms with Gasteiger partial charge in [0.2, 0.25) is 0 Å². The Morgan fingerprint density at radius 2 is 2.00 bits per heavy atom. The molecule has 0 aliphatic rings. The second kappa shape index (κ2) is 7.87. The van der Waals surface area contributed by atoms with Gasteiger partial charge in [0, 0.05) is 30.7 Å². The molecule has 3 rings (SSSR count). The fourth-order valence-electron chi connectivity index (χ4n) is 2.21. The number of ether oxygens (including phenoxy) is 1. The largest absolute Gasteiger partial charge is 0.465 e. The van der Waals surface area contributed by atoms with E-state index in [-0.39, 0.29) is 5.97 Å². The van der Waals surface area contributed by atoms with Crippen LogP contribution < -0.4 is 10.6 Å². The molecule has 0 saturated heterocycles. The Balaban J connectivity index is 1.68. The second-order valence-electron chi connectivity index (χ2n) is 5.20. The number of nitrogens with one attached hydrogen (secondary N) is 2. The highest BCUT2D eigenvalue weighted by atomic mass is 16.5. The van der Waals surface area contributed by atoms with E-state index in [0.717, 1.165) is 11.3 Å². The molecule has 7 heteroatoms. The van der Waals surface area contributed by atoms with Crippen molar-refractivity contribution in [1.82, 2.24) is 15.0 Å². The van der Waals surface area contributed by atoms with Crippen LogP contribution in [0.1, 0.15) is 15.9 Å². The van der Waals surface area contributed by atoms with Crippen molar-refractivity contribution in [2.45, 2.75) is 6.54 Å². The van der Waals surface area contributed by atoms with E-state index in [2.05, 4.69) is 25.6 Å². The summed E-state index contributed by atoms with van der Waals surface area (Å²) < 4.78 is 4.73. The topological polar surface area (TPSA) is 89.0 Å². The normalized spacial score (nSPS) is 10.1. The molecule has 1 aromatic carbocycles. The minimum atomic E-state index is -0.384. The smallest absolute Gasteiger partial charge is 0.337 e. The van der Waals surface area contributed by atoms with E-state index >= 15 is 0 Å². The number of benzene rings is 1. The third-order valence-corrected chi connectivity index (χ3v) is 3.42. The lowest BCUT2D eigenvalue weighted by atomic mass is 10.2. The molecular weight excluding hydrogens is 318 g/mol. The molecule has 2 heterocycles. The first-order valence-corrected chi connectivity index (χ1v) is 7.65. The van der Waals surface area contributed by atoms with Gasteiger partial charge in [-0.3, -0.25) is 4.98 Å². The molecule has 126 valence electrons. The van der Waals surface area contributed by atoms with Crippen LogP contribution in [0.4, 0.5) is 17.3 Å². The summed E-state index contributed by atoms with van der Waals surface area (Å²) in [6.45, 7) is 0.613. The summed E-state index contributed by atoms with van der Waals surface area (Å²) in [6, 6.07) is 12.7. The van der Waals surface area contributed by atoms with E-state index in [1.54, 1.807) is 36.7 Å². The maximum atomic E-state index is 11.6. The summed E-state index contributed by atoms with van der Waals surface area (Å²) in [5, 5.41) is 6.37. The summed E-state index contributed by atoms with van der Waals surface area (Å²) in [6.07, 6.45) is 5.00. The lowest BCUT2D eigenvalue weighted by molar-refractivity contribution is 0.0601. The summed E-state index contributed by atoms with van der Waals surface area (Å²) in [5.41, 5.74) is 2.26. The molecule has 0 aliphatic carbocycles. The Labute approximate surface area is 145 Å². The number of anilines is 3. The van der Waals surface area contributed by atoms with Crippen LogP contribution in [0.3, 0.4) is 0 Å². The van der Waals surface area contributed by atoms with Crippen molar-refractivity contribution in [1.29, 1.82) is 0 Å². The average Bonchev–Trinajstić information content (AvgIpc) is 2.67. The van der Waals surface area contributed by atoms with Crippen molar-refractivity contribution in [2.75, 3.05) is 17.7 Å². The fourth-order valence-corrected chi connectivity index (χ4v) is 2.21. The number of rotatable bonds is 6. The molecule has 0 bridgehead atoms. The number of hydrogen-bond donors (Lipinski definition) is 2. The molecule has 3 aromatic rings. The molecule has 0 spiro atoms. The van der Waals surface area contributed by atoms with Crippen LogP contribution in [0.25, 0.3) is 0 Å². The van der Waals surface area contributed by atoms with Crippen molar-refractivity contribution in [2.24, 2.45) is 0 Å². The molecule has 25 heavy (non-hydrogen) atoms. The van der Waals surface area contributed by atoms with Gasteiger partial charge >= 0.3 is 5.97 Å². The number of nitrogens with zero attached hydrogens (tertiary/aromatic N) is 3. The molecule has 2 aromatic heterocycles. The molecule has 0 fully saturated rings. The Hall–Kier alpha value is -3.48. The van der Waals surface area contributed by atoms with Crippen molar-refractivity contribution >= 4 is 23.3 Å². The summed E-state index contributed by atoms with van der Waals surface area (Å²) in [4.78, 5) is 24.1. The Bertz CT molecular complexity index is 855. The number of hydrogen-bond acceptors (Lipinski definition) is 7. The van der Waals surface area contributed by atoms with Crippen LogP contribution in [0.5, 0.6) is 0 Å². The standard InChI is InChI=1S/C18H17N5O2/c1-25-18(24)14-5-2-6-15(8-14)23-17-9-16(21-12-22-17)20-11-13-4-3-7-19-10-13/h2-10,12H,11H2,1H3,(H2,20,21,22,23). The quantitative estimate of drug-likeness (QED) is 0.669. The van der Waals surface area contributed by atoms with Gasteiger partial charge in [0.25, 0.3) is 0 Å². The van der Waals surface area contributed by atoms with Gasteiger partial charge in [-0.25, -0.2) is 14.8 Å². The summed E-state index contributed by atoms with van der Waals surface area (Å²) in [5.74, 6) is 0.918. The van der Waals surface area contributed by atoms with Gasteiger partial charge in [-0.15, -0.1) is 0 Å². The van der Waals surface area contributed by atoms with Crippen molar-refractivity contribution in [3.8, 4) is 0 Å². The van der Waals surface area contributed by atoms with E-state index in [1.165, 1.54) is 13.4 Å². The average molecular weight is 335 g/mol.